The fourth-order valence-corrected chi connectivity index (χ4v) is 5.48. The van der Waals surface area contributed by atoms with Crippen LogP contribution in [-0.4, -0.2) is 61.1 Å². The predicted octanol–water partition coefficient (Wildman–Crippen LogP) is 2.49. The second-order valence-corrected chi connectivity index (χ2v) is 9.39. The van der Waals surface area contributed by atoms with Gasteiger partial charge >= 0.3 is 5.97 Å². The van der Waals surface area contributed by atoms with E-state index in [1.54, 1.807) is 6.20 Å². The summed E-state index contributed by atoms with van der Waals surface area (Å²) in [5, 5.41) is 47.5. The van der Waals surface area contributed by atoms with Gasteiger partial charge < -0.3 is 34.9 Å². The van der Waals surface area contributed by atoms with Crippen molar-refractivity contribution in [3.05, 3.63) is 54.7 Å². The largest absolute Gasteiger partial charge is 0.422 e. The molecule has 2 fully saturated rings. The standard InChI is InChI=1S/C26H25NO7/c28-21-22(34-26(32,23(21)29)25(31)9-3-4-10-25)24(30)33-19-13-27-18-8-7-16-11-14-5-1-2-6-15(14)12-17(16)20(18)19/h1-2,5-8,11-13,21-23,27-29,31-32H,3-4,9-10H2/t21-,22+,23+,26+/m0/s1. The Balaban J connectivity index is 1.36. The third-order valence-electron chi connectivity index (χ3n) is 7.37. The van der Waals surface area contributed by atoms with Gasteiger partial charge in [-0.15, -0.1) is 0 Å². The highest BCUT2D eigenvalue weighted by atomic mass is 16.7. The first-order chi connectivity index (χ1) is 16.3. The molecular weight excluding hydrogens is 438 g/mol. The minimum Gasteiger partial charge on any atom is -0.422 e. The normalized spacial score (nSPS) is 28.8. The van der Waals surface area contributed by atoms with Crippen molar-refractivity contribution in [3.63, 3.8) is 0 Å². The second kappa shape index (κ2) is 7.49. The number of carbonyl (C=O) groups is 1. The fraction of sp³-hybridized carbons (Fsp3) is 0.346. The molecule has 0 bridgehead atoms. The molecule has 3 aromatic carbocycles. The first kappa shape index (κ1) is 21.5. The number of rotatable bonds is 3. The lowest BCUT2D eigenvalue weighted by Crippen LogP contribution is -2.60. The van der Waals surface area contributed by atoms with E-state index in [0.29, 0.717) is 18.2 Å². The maximum atomic E-state index is 13.0. The lowest BCUT2D eigenvalue weighted by atomic mass is 9.86. The van der Waals surface area contributed by atoms with E-state index in [9.17, 15) is 25.2 Å². The lowest BCUT2D eigenvalue weighted by molar-refractivity contribution is -0.313. The van der Waals surface area contributed by atoms with E-state index in [4.69, 9.17) is 9.47 Å². The van der Waals surface area contributed by atoms with Crippen LogP contribution < -0.4 is 4.74 Å². The summed E-state index contributed by atoms with van der Waals surface area (Å²) in [5.41, 5.74) is -0.990. The molecule has 2 aliphatic rings. The van der Waals surface area contributed by atoms with Gasteiger partial charge in [0.1, 0.15) is 17.8 Å². The van der Waals surface area contributed by atoms with Crippen molar-refractivity contribution in [1.29, 1.82) is 0 Å². The third kappa shape index (κ3) is 3.00. The number of ether oxygens (including phenoxy) is 2. The number of H-pyrrole nitrogens is 1. The van der Waals surface area contributed by atoms with Gasteiger partial charge in [-0.3, -0.25) is 0 Å². The van der Waals surface area contributed by atoms with Crippen LogP contribution in [-0.2, 0) is 9.53 Å². The van der Waals surface area contributed by atoms with Crippen LogP contribution in [0.25, 0.3) is 32.4 Å². The Hall–Kier alpha value is -3.01. The van der Waals surface area contributed by atoms with Crippen molar-refractivity contribution in [2.45, 2.75) is 55.4 Å². The van der Waals surface area contributed by atoms with Crippen molar-refractivity contribution in [1.82, 2.24) is 4.98 Å². The van der Waals surface area contributed by atoms with Gasteiger partial charge in [-0.25, -0.2) is 4.79 Å². The Morgan fingerprint density at radius 3 is 2.44 bits per heavy atom. The van der Waals surface area contributed by atoms with E-state index >= 15 is 0 Å². The van der Waals surface area contributed by atoms with Crippen LogP contribution in [0.15, 0.2) is 54.7 Å². The molecule has 0 radical (unpaired) electrons. The molecule has 1 saturated carbocycles. The number of hydrogen-bond acceptors (Lipinski definition) is 7. The van der Waals surface area contributed by atoms with Gasteiger partial charge in [-0.05, 0) is 52.6 Å². The van der Waals surface area contributed by atoms with Gasteiger partial charge in [0.25, 0.3) is 0 Å². The lowest BCUT2D eigenvalue weighted by Gasteiger charge is -2.39. The number of aromatic nitrogens is 1. The molecule has 4 atom stereocenters. The summed E-state index contributed by atoms with van der Waals surface area (Å²) in [5.74, 6) is -3.19. The molecule has 5 N–H and O–H groups in total. The Morgan fingerprint density at radius 2 is 1.71 bits per heavy atom. The molecule has 1 aromatic heterocycles. The summed E-state index contributed by atoms with van der Waals surface area (Å²) in [4.78, 5) is 16.1. The van der Waals surface area contributed by atoms with Crippen molar-refractivity contribution < 1.29 is 34.7 Å². The van der Waals surface area contributed by atoms with E-state index in [1.807, 2.05) is 42.5 Å². The van der Waals surface area contributed by atoms with Crippen LogP contribution in [0.1, 0.15) is 25.7 Å². The highest BCUT2D eigenvalue weighted by Gasteiger charge is 2.66. The highest BCUT2D eigenvalue weighted by Crippen LogP contribution is 2.46. The minimum absolute atomic E-state index is 0.192. The minimum atomic E-state index is -2.46. The van der Waals surface area contributed by atoms with Gasteiger partial charge in [0.2, 0.25) is 5.79 Å². The van der Waals surface area contributed by atoms with Crippen LogP contribution in [0.5, 0.6) is 5.75 Å². The molecule has 1 saturated heterocycles. The van der Waals surface area contributed by atoms with Crippen molar-refractivity contribution in [2.24, 2.45) is 0 Å². The zero-order valence-corrected chi connectivity index (χ0v) is 18.3. The maximum Gasteiger partial charge on any atom is 0.343 e. The Morgan fingerprint density at radius 1 is 1.00 bits per heavy atom. The summed E-state index contributed by atoms with van der Waals surface area (Å²) in [6.45, 7) is 0. The Kier molecular flexibility index (Phi) is 4.74. The number of carbonyl (C=O) groups excluding carboxylic acids is 1. The Labute approximate surface area is 194 Å². The molecule has 0 spiro atoms. The van der Waals surface area contributed by atoms with Crippen LogP contribution in [0.4, 0.5) is 0 Å². The molecule has 1 aliphatic heterocycles. The van der Waals surface area contributed by atoms with Crippen LogP contribution in [0.2, 0.25) is 0 Å². The summed E-state index contributed by atoms with van der Waals surface area (Å²) >= 11 is 0. The molecule has 0 unspecified atom stereocenters. The van der Waals surface area contributed by atoms with Crippen molar-refractivity contribution in [3.8, 4) is 5.75 Å². The molecule has 4 aromatic rings. The summed E-state index contributed by atoms with van der Waals surface area (Å²) in [6, 6.07) is 15.9. The van der Waals surface area contributed by atoms with Gasteiger partial charge in [0.15, 0.2) is 11.9 Å². The van der Waals surface area contributed by atoms with Crippen molar-refractivity contribution >= 4 is 38.4 Å². The highest BCUT2D eigenvalue weighted by molar-refractivity contribution is 6.14. The van der Waals surface area contributed by atoms with E-state index in [0.717, 1.165) is 27.1 Å². The van der Waals surface area contributed by atoms with Crippen LogP contribution >= 0.6 is 0 Å². The third-order valence-corrected chi connectivity index (χ3v) is 7.37. The monoisotopic (exact) mass is 463 g/mol. The average Bonchev–Trinajstić information content (AvgIpc) is 3.52. The molecule has 0 amide bonds. The Bertz CT molecular complexity index is 1420. The van der Waals surface area contributed by atoms with Crippen LogP contribution in [0.3, 0.4) is 0 Å². The van der Waals surface area contributed by atoms with Gasteiger partial charge in [0.05, 0.1) is 5.39 Å². The first-order valence-corrected chi connectivity index (χ1v) is 11.4. The molecule has 8 nitrogen and oxygen atoms in total. The SMILES string of the molecule is O=C(Oc1c[nH]c2ccc3cc4ccccc4cc3c12)[C@@H]1O[C@@](O)(C2(O)CCCC2)[C@H](O)[C@H]1O. The van der Waals surface area contributed by atoms with E-state index in [-0.39, 0.29) is 18.6 Å². The number of esters is 1. The molecule has 34 heavy (non-hydrogen) atoms. The zero-order valence-electron chi connectivity index (χ0n) is 18.3. The van der Waals surface area contributed by atoms with Gasteiger partial charge in [-0.1, -0.05) is 43.2 Å². The number of benzene rings is 3. The quantitative estimate of drug-likeness (QED) is 0.233. The smallest absolute Gasteiger partial charge is 0.343 e. The van der Waals surface area contributed by atoms with E-state index in [2.05, 4.69) is 11.1 Å². The zero-order chi connectivity index (χ0) is 23.7. The second-order valence-electron chi connectivity index (χ2n) is 9.39. The molecule has 2 heterocycles. The topological polar surface area (TPSA) is 132 Å². The number of aliphatic hydroxyl groups is 4. The van der Waals surface area contributed by atoms with E-state index in [1.165, 1.54) is 0 Å². The van der Waals surface area contributed by atoms with E-state index < -0.39 is 35.7 Å². The summed E-state index contributed by atoms with van der Waals surface area (Å²) in [6.07, 6.45) is -2.07. The van der Waals surface area contributed by atoms with Crippen LogP contribution in [0, 0.1) is 0 Å². The summed E-state index contributed by atoms with van der Waals surface area (Å²) < 4.78 is 11.1. The fourth-order valence-electron chi connectivity index (χ4n) is 5.48. The van der Waals surface area contributed by atoms with Gasteiger partial charge in [0, 0.05) is 11.7 Å². The molecule has 8 heteroatoms. The maximum absolute atomic E-state index is 13.0. The predicted molar refractivity (Wildman–Crippen MR) is 124 cm³/mol. The average molecular weight is 463 g/mol. The molecule has 6 rings (SSSR count). The number of nitrogens with one attached hydrogen (secondary N) is 1. The van der Waals surface area contributed by atoms with Crippen molar-refractivity contribution in [2.75, 3.05) is 0 Å². The number of fused-ring (bicyclic) bond motifs is 4. The van der Waals surface area contributed by atoms with Gasteiger partial charge in [-0.2, -0.15) is 0 Å². The number of hydrogen-bond donors (Lipinski definition) is 5. The summed E-state index contributed by atoms with van der Waals surface area (Å²) in [7, 11) is 0. The number of aliphatic hydroxyl groups excluding tert-OH is 2. The molecule has 1 aliphatic carbocycles. The first-order valence-electron chi connectivity index (χ1n) is 11.4. The number of aromatic amines is 1. The molecular formula is C26H25NO7. The molecule has 176 valence electrons.